The van der Waals surface area contributed by atoms with E-state index in [1.54, 1.807) is 19.1 Å². The zero-order chi connectivity index (χ0) is 28.7. The molecule has 0 aliphatic rings. The van der Waals surface area contributed by atoms with Gasteiger partial charge in [0.15, 0.2) is 0 Å². The quantitative estimate of drug-likeness (QED) is 0.314. The first kappa shape index (κ1) is 30.4. The average molecular weight is 595 g/mol. The van der Waals surface area contributed by atoms with Gasteiger partial charge in [-0.1, -0.05) is 66.0 Å². The number of nitrogens with zero attached hydrogens (tertiary/aromatic N) is 2. The molecule has 1 N–H and O–H groups in total. The van der Waals surface area contributed by atoms with Crippen LogP contribution in [0.4, 0.5) is 10.1 Å². The van der Waals surface area contributed by atoms with Gasteiger partial charge in [-0.25, -0.2) is 12.8 Å². The van der Waals surface area contributed by atoms with Crippen molar-refractivity contribution in [3.8, 4) is 0 Å². The predicted molar refractivity (Wildman–Crippen MR) is 152 cm³/mol. The molecule has 0 aliphatic carbocycles. The summed E-state index contributed by atoms with van der Waals surface area (Å²) in [5.74, 6) is -1.51. The van der Waals surface area contributed by atoms with E-state index in [2.05, 4.69) is 5.32 Å². The second-order valence-corrected chi connectivity index (χ2v) is 11.7. The molecule has 3 rings (SSSR count). The molecule has 0 spiro atoms. The predicted octanol–water partition coefficient (Wildman–Crippen LogP) is 5.58. The van der Waals surface area contributed by atoms with E-state index in [9.17, 15) is 22.4 Å². The molecule has 0 saturated heterocycles. The minimum absolute atomic E-state index is 0.0166. The van der Waals surface area contributed by atoms with E-state index in [0.717, 1.165) is 9.87 Å². The molecule has 1 atom stereocenters. The molecule has 0 bridgehead atoms. The number of rotatable bonds is 11. The molecule has 0 aromatic heterocycles. The zero-order valence-electron chi connectivity index (χ0n) is 21.8. The molecule has 2 amide bonds. The maximum atomic E-state index is 13.8. The summed E-state index contributed by atoms with van der Waals surface area (Å²) < 4.78 is 42.1. The van der Waals surface area contributed by atoms with E-state index in [1.807, 2.05) is 13.8 Å². The summed E-state index contributed by atoms with van der Waals surface area (Å²) in [5, 5.41) is 2.83. The average Bonchev–Trinajstić information content (AvgIpc) is 2.91. The van der Waals surface area contributed by atoms with Crippen LogP contribution in [0, 0.1) is 12.7 Å². The fraction of sp³-hybridized carbons (Fsp3) is 0.286. The number of carbonyl (C=O) groups is 2. The Hall–Kier alpha value is -3.14. The molecular weight excluding hydrogens is 564 g/mol. The largest absolute Gasteiger partial charge is 0.354 e. The zero-order valence-corrected chi connectivity index (χ0v) is 24.2. The van der Waals surface area contributed by atoms with E-state index in [0.29, 0.717) is 18.5 Å². The van der Waals surface area contributed by atoms with E-state index in [-0.39, 0.29) is 27.2 Å². The van der Waals surface area contributed by atoms with Gasteiger partial charge < -0.3 is 10.2 Å². The SMILES string of the molecule is CCCNC(=O)[C@@H](C)N(Cc1ccc(F)cc1)C(=O)CN(c1cccc(Cl)c1Cl)S(=O)(=O)c1ccc(C)cc1. The lowest BCUT2D eigenvalue weighted by atomic mass is 10.1. The first-order valence-electron chi connectivity index (χ1n) is 12.3. The fourth-order valence-corrected chi connectivity index (χ4v) is 5.67. The van der Waals surface area contributed by atoms with Gasteiger partial charge in [-0.2, -0.15) is 0 Å². The number of amides is 2. The number of carbonyl (C=O) groups excluding carboxylic acids is 2. The maximum Gasteiger partial charge on any atom is 0.264 e. The lowest BCUT2D eigenvalue weighted by Crippen LogP contribution is -2.51. The van der Waals surface area contributed by atoms with Crippen LogP contribution in [0.15, 0.2) is 71.6 Å². The summed E-state index contributed by atoms with van der Waals surface area (Å²) in [7, 11) is -4.28. The number of aryl methyl sites for hydroxylation is 1. The molecule has 3 aromatic rings. The number of nitrogens with one attached hydrogen (secondary N) is 1. The summed E-state index contributed by atoms with van der Waals surface area (Å²) in [5.41, 5.74) is 1.44. The Bertz CT molecular complexity index is 1420. The third-order valence-electron chi connectivity index (χ3n) is 6.07. The smallest absolute Gasteiger partial charge is 0.264 e. The molecule has 39 heavy (non-hydrogen) atoms. The molecular formula is C28H30Cl2FN3O4S. The molecule has 3 aromatic carbocycles. The number of sulfonamides is 1. The van der Waals surface area contributed by atoms with Crippen molar-refractivity contribution in [3.63, 3.8) is 0 Å². The Balaban J connectivity index is 2.05. The Morgan fingerprint density at radius 3 is 2.26 bits per heavy atom. The molecule has 0 fully saturated rings. The number of hydrogen-bond acceptors (Lipinski definition) is 4. The summed E-state index contributed by atoms with van der Waals surface area (Å²) in [4.78, 5) is 27.9. The Labute approximate surface area is 238 Å². The standard InChI is InChI=1S/C28H30Cl2FN3O4S/c1-4-16-32-28(36)20(3)33(17-21-10-12-22(31)13-11-21)26(35)18-34(25-7-5-6-24(29)27(25)30)39(37,38)23-14-8-19(2)9-15-23/h5-15,20H,4,16-18H2,1-3H3,(H,32,36)/t20-/m1/s1. The van der Waals surface area contributed by atoms with Gasteiger partial charge in [0.25, 0.3) is 10.0 Å². The van der Waals surface area contributed by atoms with Gasteiger partial charge in [0.1, 0.15) is 18.4 Å². The first-order valence-corrected chi connectivity index (χ1v) is 14.5. The van der Waals surface area contributed by atoms with Crippen LogP contribution in [0.2, 0.25) is 10.0 Å². The Morgan fingerprint density at radius 1 is 1.00 bits per heavy atom. The Kier molecular flexibility index (Phi) is 10.4. The van der Waals surface area contributed by atoms with E-state index >= 15 is 0 Å². The van der Waals surface area contributed by atoms with Gasteiger partial charge in [0, 0.05) is 13.1 Å². The van der Waals surface area contributed by atoms with Crippen LogP contribution < -0.4 is 9.62 Å². The Morgan fingerprint density at radius 2 is 1.64 bits per heavy atom. The van der Waals surface area contributed by atoms with Crippen LogP contribution in [0.3, 0.4) is 0 Å². The van der Waals surface area contributed by atoms with Crippen molar-refractivity contribution in [1.29, 1.82) is 0 Å². The normalized spacial score (nSPS) is 12.1. The number of hydrogen-bond donors (Lipinski definition) is 1. The highest BCUT2D eigenvalue weighted by molar-refractivity contribution is 7.92. The molecule has 0 aliphatic heterocycles. The molecule has 7 nitrogen and oxygen atoms in total. The van der Waals surface area contributed by atoms with Crippen molar-refractivity contribution in [2.75, 3.05) is 17.4 Å². The summed E-state index contributed by atoms with van der Waals surface area (Å²) in [6, 6.07) is 15.2. The minimum atomic E-state index is -4.28. The molecule has 0 heterocycles. The van der Waals surface area contributed by atoms with Gasteiger partial charge in [-0.15, -0.1) is 0 Å². The highest BCUT2D eigenvalue weighted by Crippen LogP contribution is 2.35. The molecule has 0 unspecified atom stereocenters. The van der Waals surface area contributed by atoms with Crippen LogP contribution in [0.5, 0.6) is 0 Å². The van der Waals surface area contributed by atoms with Gasteiger partial charge in [0.05, 0.1) is 20.6 Å². The highest BCUT2D eigenvalue weighted by Gasteiger charge is 2.33. The van der Waals surface area contributed by atoms with Gasteiger partial charge in [0.2, 0.25) is 11.8 Å². The lowest BCUT2D eigenvalue weighted by Gasteiger charge is -2.32. The third kappa shape index (κ3) is 7.50. The first-order chi connectivity index (χ1) is 18.4. The van der Waals surface area contributed by atoms with Crippen LogP contribution in [0.25, 0.3) is 0 Å². The van der Waals surface area contributed by atoms with Crippen molar-refractivity contribution < 1.29 is 22.4 Å². The van der Waals surface area contributed by atoms with Crippen molar-refractivity contribution >= 4 is 50.7 Å². The van der Waals surface area contributed by atoms with E-state index < -0.39 is 40.2 Å². The second kappa shape index (κ2) is 13.3. The van der Waals surface area contributed by atoms with Crippen LogP contribution in [-0.2, 0) is 26.2 Å². The van der Waals surface area contributed by atoms with E-state index in [4.69, 9.17) is 23.2 Å². The number of benzene rings is 3. The second-order valence-electron chi connectivity index (χ2n) is 9.01. The van der Waals surface area contributed by atoms with Crippen molar-refractivity contribution in [1.82, 2.24) is 10.2 Å². The highest BCUT2D eigenvalue weighted by atomic mass is 35.5. The van der Waals surface area contributed by atoms with E-state index in [1.165, 1.54) is 59.5 Å². The summed E-state index contributed by atoms with van der Waals surface area (Å²) in [6.07, 6.45) is 0.695. The van der Waals surface area contributed by atoms with Gasteiger partial charge >= 0.3 is 0 Å². The molecule has 0 radical (unpaired) electrons. The van der Waals surface area contributed by atoms with Crippen LogP contribution in [0.1, 0.15) is 31.4 Å². The fourth-order valence-electron chi connectivity index (χ4n) is 3.80. The van der Waals surface area contributed by atoms with Crippen LogP contribution >= 0.6 is 23.2 Å². The van der Waals surface area contributed by atoms with Gasteiger partial charge in [-0.05, 0) is 62.2 Å². The minimum Gasteiger partial charge on any atom is -0.354 e. The topological polar surface area (TPSA) is 86.8 Å². The summed E-state index contributed by atoms with van der Waals surface area (Å²) in [6.45, 7) is 4.97. The maximum absolute atomic E-state index is 13.8. The third-order valence-corrected chi connectivity index (χ3v) is 8.65. The number of halogens is 3. The molecule has 11 heteroatoms. The van der Waals surface area contributed by atoms with Crippen LogP contribution in [-0.4, -0.2) is 44.3 Å². The molecule has 0 saturated carbocycles. The number of anilines is 1. The van der Waals surface area contributed by atoms with Crippen molar-refractivity contribution in [3.05, 3.63) is 93.7 Å². The van der Waals surface area contributed by atoms with Crippen molar-refractivity contribution in [2.24, 2.45) is 0 Å². The molecule has 208 valence electrons. The van der Waals surface area contributed by atoms with Crippen molar-refractivity contribution in [2.45, 2.75) is 44.7 Å². The monoisotopic (exact) mass is 593 g/mol. The van der Waals surface area contributed by atoms with Gasteiger partial charge in [-0.3, -0.25) is 13.9 Å². The summed E-state index contributed by atoms with van der Waals surface area (Å²) >= 11 is 12.6. The lowest BCUT2D eigenvalue weighted by molar-refractivity contribution is -0.139.